The number of hydrogen-bond donors (Lipinski definition) is 0. The minimum absolute atomic E-state index is 0.0284. The molecule has 1 nitrogen and oxygen atoms in total. The molecular weight excluding hydrogens is 750 g/mol. The SMILES string of the molecule is Cc1c(Sc2ccc([S+](c3ccc(F)cc3)c3ccc(F)cc3)cc2)ccc(C(=O)c2ccccc2)c1C.[F][Sb-]([F])([F])([F])([F])[F]. The Labute approximate surface area is 264 Å². The summed E-state index contributed by atoms with van der Waals surface area (Å²) in [6.07, 6.45) is 0. The zero-order valence-electron chi connectivity index (χ0n) is 23.7. The molecular formula is C33H25F8OS2Sb. The van der Waals surface area contributed by atoms with Gasteiger partial charge in [-0.1, -0.05) is 42.1 Å². The Morgan fingerprint density at radius 3 is 1.44 bits per heavy atom. The molecule has 0 saturated heterocycles. The molecule has 0 aliphatic heterocycles. The molecule has 12 heteroatoms. The van der Waals surface area contributed by atoms with Gasteiger partial charge in [-0.05, 0) is 110 Å². The first-order valence-corrected chi connectivity index (χ1v) is 21.0. The van der Waals surface area contributed by atoms with Crippen LogP contribution in [0.5, 0.6) is 0 Å². The van der Waals surface area contributed by atoms with Crippen LogP contribution in [0.1, 0.15) is 27.0 Å². The van der Waals surface area contributed by atoms with E-state index in [4.69, 9.17) is 0 Å². The molecule has 5 rings (SSSR count). The number of carbonyl (C=O) groups is 1. The number of halogens is 8. The van der Waals surface area contributed by atoms with E-state index in [2.05, 4.69) is 24.3 Å². The second-order valence-electron chi connectivity index (χ2n) is 9.80. The molecule has 0 amide bonds. The van der Waals surface area contributed by atoms with Crippen molar-refractivity contribution in [2.45, 2.75) is 38.3 Å². The normalized spacial score (nSPS) is 13.0. The summed E-state index contributed by atoms with van der Waals surface area (Å²) in [4.78, 5) is 18.2. The minimum atomic E-state index is -11.2. The standard InChI is InChI=1S/C33H25F2OS2.6FH.Sb/c1-22-23(2)32(21-20-31(22)33(36)24-6-4-3-5-7-24)37-27-12-18-30(19-13-27)38(28-14-8-25(34)9-15-28)29-16-10-26(35)11-17-29;;;;;;;/h3-21H,1-2H3;6*1H;/q+1;;;;;;;+5/p-6. The number of rotatable bonds is 7. The molecule has 0 radical (unpaired) electrons. The molecule has 0 saturated carbocycles. The molecule has 0 aliphatic rings. The molecule has 5 aromatic carbocycles. The van der Waals surface area contributed by atoms with Gasteiger partial charge in [0.1, 0.15) is 11.6 Å². The Bertz CT molecular complexity index is 1740. The van der Waals surface area contributed by atoms with E-state index in [-0.39, 0.29) is 17.4 Å². The summed E-state index contributed by atoms with van der Waals surface area (Å²) in [6, 6.07) is 34.5. The molecule has 0 aliphatic carbocycles. The third-order valence-electron chi connectivity index (χ3n) is 6.40. The van der Waals surface area contributed by atoms with E-state index in [0.717, 1.165) is 41.2 Å². The van der Waals surface area contributed by atoms with Crippen molar-refractivity contribution in [3.63, 3.8) is 0 Å². The quantitative estimate of drug-likeness (QED) is 0.0709. The number of ketones is 1. The number of benzene rings is 5. The Kier molecular flexibility index (Phi) is 9.88. The Morgan fingerprint density at radius 1 is 0.578 bits per heavy atom. The van der Waals surface area contributed by atoms with Crippen molar-refractivity contribution in [3.05, 3.63) is 149 Å². The van der Waals surface area contributed by atoms with E-state index in [1.54, 1.807) is 36.0 Å². The Hall–Kier alpha value is -3.27. The number of carbonyl (C=O) groups excluding carboxylic acids is 1. The fraction of sp³-hybridized carbons (Fsp3) is 0.0606. The van der Waals surface area contributed by atoms with Crippen molar-refractivity contribution in [1.29, 1.82) is 0 Å². The first-order valence-electron chi connectivity index (χ1n) is 13.2. The second-order valence-corrected chi connectivity index (χ2v) is 18.4. The van der Waals surface area contributed by atoms with Gasteiger partial charge in [0.25, 0.3) is 0 Å². The molecule has 236 valence electrons. The summed E-state index contributed by atoms with van der Waals surface area (Å²) in [7, 11) is -0.501. The van der Waals surface area contributed by atoms with Crippen LogP contribution in [0.4, 0.5) is 25.7 Å². The molecule has 0 heterocycles. The summed E-state index contributed by atoms with van der Waals surface area (Å²) in [6.45, 7) is 4.05. The third kappa shape index (κ3) is 10.7. The van der Waals surface area contributed by atoms with E-state index in [1.165, 1.54) is 24.3 Å². The molecule has 0 fully saturated rings. The summed E-state index contributed by atoms with van der Waals surface area (Å²) in [5.74, 6) is -0.545. The zero-order chi connectivity index (χ0) is 33.1. The van der Waals surface area contributed by atoms with Crippen molar-refractivity contribution in [1.82, 2.24) is 0 Å². The summed E-state index contributed by atoms with van der Waals surface area (Å²) in [5, 5.41) is 0. The fourth-order valence-electron chi connectivity index (χ4n) is 4.22. The second kappa shape index (κ2) is 12.9. The van der Waals surface area contributed by atoms with Crippen LogP contribution >= 0.6 is 11.8 Å². The van der Waals surface area contributed by atoms with Crippen LogP contribution in [0.25, 0.3) is 0 Å². The van der Waals surface area contributed by atoms with E-state index in [1.807, 2.05) is 56.3 Å². The average molecular weight is 775 g/mol. The molecule has 45 heavy (non-hydrogen) atoms. The van der Waals surface area contributed by atoms with E-state index >= 15 is 0 Å². The van der Waals surface area contributed by atoms with Crippen molar-refractivity contribution >= 4 is 47.9 Å². The van der Waals surface area contributed by atoms with E-state index < -0.39 is 30.4 Å². The van der Waals surface area contributed by atoms with Crippen molar-refractivity contribution < 1.29 is 30.5 Å². The molecule has 0 spiro atoms. The topological polar surface area (TPSA) is 17.1 Å². The summed E-state index contributed by atoms with van der Waals surface area (Å²) < 4.78 is 86.8. The van der Waals surface area contributed by atoms with Gasteiger partial charge < -0.3 is 0 Å². The summed E-state index contributed by atoms with van der Waals surface area (Å²) in [5.41, 5.74) is 3.47. The third-order valence-corrected chi connectivity index (χ3v) is 9.80. The maximum atomic E-state index is 13.6. The van der Waals surface area contributed by atoms with Gasteiger partial charge in [-0.2, -0.15) is 0 Å². The van der Waals surface area contributed by atoms with Crippen LogP contribution in [-0.4, -0.2) is 25.3 Å². The van der Waals surface area contributed by atoms with Gasteiger partial charge in [-0.3, -0.25) is 4.79 Å². The molecule has 0 bridgehead atoms. The van der Waals surface area contributed by atoms with E-state index in [9.17, 15) is 30.5 Å². The van der Waals surface area contributed by atoms with Gasteiger partial charge in [-0.25, -0.2) is 8.78 Å². The van der Waals surface area contributed by atoms with Crippen molar-refractivity contribution in [2.24, 2.45) is 0 Å². The molecule has 0 N–H and O–H groups in total. The van der Waals surface area contributed by atoms with Gasteiger partial charge in [0, 0.05) is 20.9 Å². The van der Waals surface area contributed by atoms with Crippen LogP contribution in [0.2, 0.25) is 0 Å². The molecule has 0 unspecified atom stereocenters. The molecule has 5 aromatic rings. The predicted octanol–water partition coefficient (Wildman–Crippen LogP) is 11.2. The van der Waals surface area contributed by atoms with Crippen LogP contribution in [-0.2, 0) is 10.9 Å². The zero-order valence-corrected chi connectivity index (χ0v) is 27.9. The Balaban J connectivity index is 0.000000591. The van der Waals surface area contributed by atoms with Crippen LogP contribution in [0.3, 0.4) is 0 Å². The monoisotopic (exact) mass is 774 g/mol. The van der Waals surface area contributed by atoms with Crippen molar-refractivity contribution in [3.8, 4) is 0 Å². The Morgan fingerprint density at radius 2 is 1.00 bits per heavy atom. The fourth-order valence-corrected chi connectivity index (χ4v) is 7.23. The first-order chi connectivity index (χ1) is 20.9. The predicted molar refractivity (Wildman–Crippen MR) is 164 cm³/mol. The van der Waals surface area contributed by atoms with Gasteiger partial charge >= 0.3 is 36.4 Å². The van der Waals surface area contributed by atoms with Gasteiger partial charge in [0.15, 0.2) is 20.5 Å². The van der Waals surface area contributed by atoms with Gasteiger partial charge in [0.05, 0.1) is 10.9 Å². The van der Waals surface area contributed by atoms with Crippen LogP contribution in [0.15, 0.2) is 140 Å². The summed E-state index contributed by atoms with van der Waals surface area (Å²) >= 11 is -9.60. The molecule has 0 aromatic heterocycles. The molecule has 0 atom stereocenters. The number of hydrogen-bond acceptors (Lipinski definition) is 2. The maximum absolute atomic E-state index is 13.6. The first kappa shape index (κ1) is 34.6. The van der Waals surface area contributed by atoms with Crippen LogP contribution in [0, 0.1) is 25.5 Å². The van der Waals surface area contributed by atoms with Crippen molar-refractivity contribution in [2.75, 3.05) is 0 Å². The van der Waals surface area contributed by atoms with Gasteiger partial charge in [-0.15, -0.1) is 0 Å². The van der Waals surface area contributed by atoms with E-state index in [0.29, 0.717) is 5.56 Å². The average Bonchev–Trinajstić information content (AvgIpc) is 2.97. The van der Waals surface area contributed by atoms with Gasteiger partial charge in [0.2, 0.25) is 0 Å². The van der Waals surface area contributed by atoms with Crippen LogP contribution < -0.4 is 0 Å².